The van der Waals surface area contributed by atoms with Crippen molar-refractivity contribution in [1.82, 2.24) is 0 Å². The zero-order chi connectivity index (χ0) is 12.5. The topological polar surface area (TPSA) is 59.6 Å². The van der Waals surface area contributed by atoms with Crippen molar-refractivity contribution in [2.45, 2.75) is 26.2 Å². The molecule has 1 rings (SSSR count). The molecule has 0 bridgehead atoms. The quantitative estimate of drug-likeness (QED) is 0.353. The van der Waals surface area contributed by atoms with Crippen LogP contribution < -0.4 is 15.8 Å². The van der Waals surface area contributed by atoms with Crippen LogP contribution in [0.15, 0.2) is 29.3 Å². The molecule has 0 radical (unpaired) electrons. The number of nitrogens with two attached hydrogens (primary N) is 1. The van der Waals surface area contributed by atoms with Crippen LogP contribution in [0.1, 0.15) is 26.2 Å². The molecule has 0 atom stereocenters. The molecule has 0 fully saturated rings. The number of hydrogen-bond acceptors (Lipinski definition) is 2. The van der Waals surface area contributed by atoms with Gasteiger partial charge in [-0.15, -0.1) is 24.0 Å². The fourth-order valence-corrected chi connectivity index (χ4v) is 1.45. The molecule has 0 aliphatic rings. The highest BCUT2D eigenvalue weighted by Crippen LogP contribution is 2.16. The standard InChI is InChI=1S/C13H21N3O.HI/c1-3-4-5-9-15-13(14)16-11-7-6-8-12(10-11)17-2;/h6-8,10H,3-5,9H2,1-2H3,(H3,14,15,16);1H. The lowest BCUT2D eigenvalue weighted by Crippen LogP contribution is -2.22. The minimum absolute atomic E-state index is 0. The van der Waals surface area contributed by atoms with Gasteiger partial charge in [-0.1, -0.05) is 25.8 Å². The molecule has 0 aliphatic carbocycles. The molecule has 5 heteroatoms. The van der Waals surface area contributed by atoms with Crippen molar-refractivity contribution in [3.8, 4) is 5.75 Å². The molecule has 0 unspecified atom stereocenters. The molecular weight excluding hydrogens is 341 g/mol. The van der Waals surface area contributed by atoms with Crippen molar-refractivity contribution in [3.63, 3.8) is 0 Å². The van der Waals surface area contributed by atoms with Gasteiger partial charge in [-0.25, -0.2) is 0 Å². The van der Waals surface area contributed by atoms with E-state index in [-0.39, 0.29) is 24.0 Å². The van der Waals surface area contributed by atoms with Crippen LogP contribution >= 0.6 is 24.0 Å². The van der Waals surface area contributed by atoms with Crippen molar-refractivity contribution in [3.05, 3.63) is 24.3 Å². The minimum Gasteiger partial charge on any atom is -0.497 e. The van der Waals surface area contributed by atoms with Crippen LogP contribution in [-0.4, -0.2) is 19.6 Å². The van der Waals surface area contributed by atoms with E-state index in [2.05, 4.69) is 17.2 Å². The molecule has 1 aromatic carbocycles. The summed E-state index contributed by atoms with van der Waals surface area (Å²) in [5.74, 6) is 1.25. The largest absolute Gasteiger partial charge is 0.497 e. The van der Waals surface area contributed by atoms with Crippen molar-refractivity contribution >= 4 is 35.6 Å². The van der Waals surface area contributed by atoms with Gasteiger partial charge in [0.15, 0.2) is 5.96 Å². The Kier molecular flexibility index (Phi) is 9.45. The fourth-order valence-electron chi connectivity index (χ4n) is 1.45. The first-order chi connectivity index (χ1) is 8.26. The number of nitrogens with zero attached hydrogens (tertiary/aromatic N) is 1. The predicted octanol–water partition coefficient (Wildman–Crippen LogP) is 3.23. The zero-order valence-electron chi connectivity index (χ0n) is 11.0. The maximum atomic E-state index is 5.78. The number of methoxy groups -OCH3 is 1. The van der Waals surface area contributed by atoms with Gasteiger partial charge in [0.2, 0.25) is 0 Å². The van der Waals surface area contributed by atoms with E-state index in [1.165, 1.54) is 12.8 Å². The summed E-state index contributed by atoms with van der Waals surface area (Å²) in [5, 5.41) is 3.04. The van der Waals surface area contributed by atoms with Crippen LogP contribution in [0.5, 0.6) is 5.75 Å². The lowest BCUT2D eigenvalue weighted by molar-refractivity contribution is 0.415. The monoisotopic (exact) mass is 363 g/mol. The summed E-state index contributed by atoms with van der Waals surface area (Å²) in [7, 11) is 1.64. The van der Waals surface area contributed by atoms with Gasteiger partial charge >= 0.3 is 0 Å². The molecule has 0 amide bonds. The first-order valence-electron chi connectivity index (χ1n) is 5.97. The highest BCUT2D eigenvalue weighted by Gasteiger charge is 1.96. The van der Waals surface area contributed by atoms with Gasteiger partial charge in [0.05, 0.1) is 7.11 Å². The van der Waals surface area contributed by atoms with E-state index >= 15 is 0 Å². The highest BCUT2D eigenvalue weighted by atomic mass is 127. The van der Waals surface area contributed by atoms with Crippen LogP contribution in [0, 0.1) is 0 Å². The number of aliphatic imine (C=N–C) groups is 1. The molecule has 0 spiro atoms. The van der Waals surface area contributed by atoms with E-state index in [4.69, 9.17) is 10.5 Å². The molecule has 0 aromatic heterocycles. The smallest absolute Gasteiger partial charge is 0.193 e. The molecule has 4 nitrogen and oxygen atoms in total. The average molecular weight is 363 g/mol. The Morgan fingerprint density at radius 2 is 2.17 bits per heavy atom. The number of guanidine groups is 1. The molecule has 0 aliphatic heterocycles. The Bertz CT molecular complexity index is 369. The molecule has 1 aromatic rings. The minimum atomic E-state index is 0. The van der Waals surface area contributed by atoms with E-state index in [1.807, 2.05) is 24.3 Å². The number of unbranched alkanes of at least 4 members (excludes halogenated alkanes) is 2. The van der Waals surface area contributed by atoms with E-state index in [0.717, 1.165) is 24.4 Å². The van der Waals surface area contributed by atoms with E-state index in [0.29, 0.717) is 5.96 Å². The maximum Gasteiger partial charge on any atom is 0.193 e. The highest BCUT2D eigenvalue weighted by molar-refractivity contribution is 14.0. The molecule has 0 heterocycles. The Morgan fingerprint density at radius 1 is 1.39 bits per heavy atom. The third-order valence-corrected chi connectivity index (χ3v) is 2.39. The fraction of sp³-hybridized carbons (Fsp3) is 0.462. The molecule has 18 heavy (non-hydrogen) atoms. The second-order valence-corrected chi connectivity index (χ2v) is 3.83. The summed E-state index contributed by atoms with van der Waals surface area (Å²) in [6.07, 6.45) is 3.46. The number of nitrogens with one attached hydrogen (secondary N) is 1. The van der Waals surface area contributed by atoms with Crippen molar-refractivity contribution in [2.24, 2.45) is 10.7 Å². The lowest BCUT2D eigenvalue weighted by atomic mass is 10.2. The van der Waals surface area contributed by atoms with Gasteiger partial charge in [0.1, 0.15) is 5.75 Å². The van der Waals surface area contributed by atoms with Crippen LogP contribution in [0.2, 0.25) is 0 Å². The van der Waals surface area contributed by atoms with Gasteiger partial charge in [0, 0.05) is 18.3 Å². The number of hydrogen-bond donors (Lipinski definition) is 2. The summed E-state index contributed by atoms with van der Waals surface area (Å²) < 4.78 is 5.13. The number of anilines is 1. The van der Waals surface area contributed by atoms with Gasteiger partial charge in [-0.3, -0.25) is 4.99 Å². The summed E-state index contributed by atoms with van der Waals surface area (Å²) in [6.45, 7) is 2.94. The number of halogens is 1. The van der Waals surface area contributed by atoms with Crippen LogP contribution in [0.4, 0.5) is 5.69 Å². The van der Waals surface area contributed by atoms with E-state index < -0.39 is 0 Å². The number of ether oxygens (including phenoxy) is 1. The summed E-state index contributed by atoms with van der Waals surface area (Å²) in [4.78, 5) is 4.25. The zero-order valence-corrected chi connectivity index (χ0v) is 13.3. The summed E-state index contributed by atoms with van der Waals surface area (Å²) in [5.41, 5.74) is 6.67. The second kappa shape index (κ2) is 9.99. The summed E-state index contributed by atoms with van der Waals surface area (Å²) >= 11 is 0. The van der Waals surface area contributed by atoms with Crippen molar-refractivity contribution in [2.75, 3.05) is 19.0 Å². The SMILES string of the molecule is CCCCCN=C(N)Nc1cccc(OC)c1.I. The van der Waals surface area contributed by atoms with Gasteiger partial charge < -0.3 is 15.8 Å². The Labute approximate surface area is 126 Å². The Hall–Kier alpha value is -0.980. The first-order valence-corrected chi connectivity index (χ1v) is 5.97. The van der Waals surface area contributed by atoms with E-state index in [9.17, 15) is 0 Å². The van der Waals surface area contributed by atoms with Crippen LogP contribution in [0.3, 0.4) is 0 Å². The molecule has 0 saturated carbocycles. The third-order valence-electron chi connectivity index (χ3n) is 2.39. The molecular formula is C13H22IN3O. The molecule has 0 saturated heterocycles. The molecule has 3 N–H and O–H groups in total. The predicted molar refractivity (Wildman–Crippen MR) is 88.0 cm³/mol. The average Bonchev–Trinajstić information content (AvgIpc) is 2.35. The first kappa shape index (κ1) is 17.0. The third kappa shape index (κ3) is 6.68. The molecule has 102 valence electrons. The number of rotatable bonds is 6. The van der Waals surface area contributed by atoms with Crippen molar-refractivity contribution in [1.29, 1.82) is 0 Å². The van der Waals surface area contributed by atoms with Gasteiger partial charge in [-0.05, 0) is 18.6 Å². The lowest BCUT2D eigenvalue weighted by Gasteiger charge is -2.07. The normalized spacial score (nSPS) is 10.7. The Morgan fingerprint density at radius 3 is 2.83 bits per heavy atom. The summed E-state index contributed by atoms with van der Waals surface area (Å²) in [6, 6.07) is 7.61. The van der Waals surface area contributed by atoms with Crippen LogP contribution in [0.25, 0.3) is 0 Å². The maximum absolute atomic E-state index is 5.78. The van der Waals surface area contributed by atoms with E-state index in [1.54, 1.807) is 7.11 Å². The van der Waals surface area contributed by atoms with Gasteiger partial charge in [0.25, 0.3) is 0 Å². The van der Waals surface area contributed by atoms with Crippen molar-refractivity contribution < 1.29 is 4.74 Å². The number of benzene rings is 1. The van der Waals surface area contributed by atoms with Crippen LogP contribution in [-0.2, 0) is 0 Å². The second-order valence-electron chi connectivity index (χ2n) is 3.83. The van der Waals surface area contributed by atoms with Gasteiger partial charge in [-0.2, -0.15) is 0 Å². The Balaban J connectivity index is 0.00000289.